The summed E-state index contributed by atoms with van der Waals surface area (Å²) in [5.41, 5.74) is 0.844. The molecule has 0 heterocycles. The summed E-state index contributed by atoms with van der Waals surface area (Å²) in [4.78, 5) is 0. The molecule has 0 spiro atoms. The van der Waals surface area contributed by atoms with Crippen LogP contribution in [0.2, 0.25) is 0 Å². The van der Waals surface area contributed by atoms with E-state index in [1.54, 1.807) is 6.08 Å². The Morgan fingerprint density at radius 2 is 1.53 bits per heavy atom. The van der Waals surface area contributed by atoms with Crippen LogP contribution in [0.5, 0.6) is 5.75 Å². The van der Waals surface area contributed by atoms with Crippen LogP contribution in [0, 0.1) is 0 Å². The van der Waals surface area contributed by atoms with E-state index in [1.165, 1.54) is 0 Å². The Morgan fingerprint density at radius 3 is 1.94 bits per heavy atom. The molecule has 2 heteroatoms. The lowest BCUT2D eigenvalue weighted by Gasteiger charge is -2.33. The monoisotopic (exact) mass is 234 g/mol. The molecule has 0 unspecified atom stereocenters. The van der Waals surface area contributed by atoms with Gasteiger partial charge in [-0.15, -0.1) is 0 Å². The van der Waals surface area contributed by atoms with Crippen molar-refractivity contribution < 1.29 is 9.47 Å². The average Bonchev–Trinajstić information content (AvgIpc) is 2.14. The molecule has 0 aromatic heterocycles. The minimum atomic E-state index is -0.645. The number of hydrogen-bond acceptors (Lipinski definition) is 2. The van der Waals surface area contributed by atoms with E-state index in [0.717, 1.165) is 11.3 Å². The summed E-state index contributed by atoms with van der Waals surface area (Å²) in [6.45, 7) is 13.6. The highest BCUT2D eigenvalue weighted by atomic mass is 16.7. The molecule has 0 aliphatic rings. The molecule has 1 aromatic carbocycles. The van der Waals surface area contributed by atoms with Gasteiger partial charge in [0, 0.05) is 13.8 Å². The topological polar surface area (TPSA) is 18.5 Å². The maximum atomic E-state index is 5.84. The van der Waals surface area contributed by atoms with Gasteiger partial charge in [0.1, 0.15) is 5.75 Å². The SMILES string of the molecule is C=Cc1ccc(OC(C)(C)OC(C)(C)C)cc1. The van der Waals surface area contributed by atoms with Crippen LogP contribution >= 0.6 is 0 Å². The second kappa shape index (κ2) is 4.92. The molecule has 0 fully saturated rings. The zero-order chi connectivity index (χ0) is 13.1. The fraction of sp³-hybridized carbons (Fsp3) is 0.467. The van der Waals surface area contributed by atoms with Crippen LogP contribution in [0.4, 0.5) is 0 Å². The van der Waals surface area contributed by atoms with Crippen molar-refractivity contribution in [2.24, 2.45) is 0 Å². The van der Waals surface area contributed by atoms with Crippen LogP contribution in [-0.4, -0.2) is 11.4 Å². The Kier molecular flexibility index (Phi) is 3.99. The van der Waals surface area contributed by atoms with Crippen LogP contribution in [-0.2, 0) is 4.74 Å². The standard InChI is InChI=1S/C15H22O2/c1-7-12-8-10-13(11-9-12)16-15(5,6)17-14(2,3)4/h7-11H,1H2,2-6H3. The summed E-state index contributed by atoms with van der Waals surface area (Å²) in [5, 5.41) is 0. The summed E-state index contributed by atoms with van der Waals surface area (Å²) in [6, 6.07) is 7.78. The van der Waals surface area contributed by atoms with Crippen molar-refractivity contribution in [3.05, 3.63) is 36.4 Å². The molecule has 0 bridgehead atoms. The van der Waals surface area contributed by atoms with Crippen LogP contribution in [0.3, 0.4) is 0 Å². The molecule has 0 amide bonds. The van der Waals surface area contributed by atoms with E-state index in [0.29, 0.717) is 0 Å². The highest BCUT2D eigenvalue weighted by Crippen LogP contribution is 2.24. The Morgan fingerprint density at radius 1 is 1.00 bits per heavy atom. The van der Waals surface area contributed by atoms with Crippen molar-refractivity contribution in [2.75, 3.05) is 0 Å². The second-order valence-electron chi connectivity index (χ2n) is 5.49. The van der Waals surface area contributed by atoms with E-state index in [1.807, 2.05) is 58.9 Å². The van der Waals surface area contributed by atoms with Crippen LogP contribution in [0.25, 0.3) is 6.08 Å². The maximum Gasteiger partial charge on any atom is 0.205 e. The van der Waals surface area contributed by atoms with Gasteiger partial charge in [-0.05, 0) is 38.5 Å². The molecule has 0 radical (unpaired) electrons. The highest BCUT2D eigenvalue weighted by Gasteiger charge is 2.27. The lowest BCUT2D eigenvalue weighted by atomic mass is 10.2. The van der Waals surface area contributed by atoms with Crippen LogP contribution in [0.15, 0.2) is 30.8 Å². The number of benzene rings is 1. The predicted octanol–water partition coefficient (Wildman–Crippen LogP) is 4.26. The van der Waals surface area contributed by atoms with Gasteiger partial charge in [-0.1, -0.05) is 24.8 Å². The molecule has 2 nitrogen and oxygen atoms in total. The molecule has 0 saturated carbocycles. The summed E-state index contributed by atoms with van der Waals surface area (Å²) >= 11 is 0. The quantitative estimate of drug-likeness (QED) is 0.725. The minimum Gasteiger partial charge on any atom is -0.463 e. The Bertz CT molecular complexity index is 369. The van der Waals surface area contributed by atoms with Gasteiger partial charge >= 0.3 is 0 Å². The van der Waals surface area contributed by atoms with Gasteiger partial charge in [0.05, 0.1) is 5.60 Å². The van der Waals surface area contributed by atoms with Crippen LogP contribution in [0.1, 0.15) is 40.2 Å². The molecule has 0 saturated heterocycles. The Labute approximate surface area is 104 Å². The zero-order valence-electron chi connectivity index (χ0n) is 11.4. The van der Waals surface area contributed by atoms with E-state index < -0.39 is 5.79 Å². The predicted molar refractivity (Wildman–Crippen MR) is 72.1 cm³/mol. The van der Waals surface area contributed by atoms with Gasteiger partial charge in [0.15, 0.2) is 0 Å². The van der Waals surface area contributed by atoms with Crippen molar-refractivity contribution in [3.63, 3.8) is 0 Å². The van der Waals surface area contributed by atoms with Gasteiger partial charge in [0.2, 0.25) is 5.79 Å². The fourth-order valence-corrected chi connectivity index (χ4v) is 1.71. The lowest BCUT2D eigenvalue weighted by molar-refractivity contribution is -0.213. The van der Waals surface area contributed by atoms with E-state index >= 15 is 0 Å². The van der Waals surface area contributed by atoms with Gasteiger partial charge in [-0.25, -0.2) is 0 Å². The molecular weight excluding hydrogens is 212 g/mol. The molecule has 0 N–H and O–H groups in total. The molecule has 1 aromatic rings. The third-order valence-corrected chi connectivity index (χ3v) is 2.03. The van der Waals surface area contributed by atoms with Crippen molar-refractivity contribution in [3.8, 4) is 5.75 Å². The average molecular weight is 234 g/mol. The fourth-order valence-electron chi connectivity index (χ4n) is 1.71. The third kappa shape index (κ3) is 5.05. The van der Waals surface area contributed by atoms with Crippen molar-refractivity contribution in [2.45, 2.75) is 46.0 Å². The van der Waals surface area contributed by atoms with Crippen molar-refractivity contribution in [1.29, 1.82) is 0 Å². The van der Waals surface area contributed by atoms with Gasteiger partial charge in [0.25, 0.3) is 0 Å². The van der Waals surface area contributed by atoms with Crippen molar-refractivity contribution in [1.82, 2.24) is 0 Å². The molecule has 0 atom stereocenters. The molecule has 94 valence electrons. The van der Waals surface area contributed by atoms with E-state index in [9.17, 15) is 0 Å². The number of rotatable bonds is 4. The first kappa shape index (κ1) is 13.8. The summed E-state index contributed by atoms with van der Waals surface area (Å²) in [6.07, 6.45) is 1.81. The van der Waals surface area contributed by atoms with E-state index in [4.69, 9.17) is 9.47 Å². The maximum absolute atomic E-state index is 5.84. The Balaban J connectivity index is 2.72. The molecule has 17 heavy (non-hydrogen) atoms. The van der Waals surface area contributed by atoms with Gasteiger partial charge < -0.3 is 9.47 Å². The third-order valence-electron chi connectivity index (χ3n) is 2.03. The van der Waals surface area contributed by atoms with Crippen molar-refractivity contribution >= 4 is 6.08 Å². The van der Waals surface area contributed by atoms with E-state index in [-0.39, 0.29) is 5.60 Å². The first-order valence-electron chi connectivity index (χ1n) is 5.83. The minimum absolute atomic E-state index is 0.232. The van der Waals surface area contributed by atoms with Crippen LogP contribution < -0.4 is 4.74 Å². The first-order chi connectivity index (χ1) is 7.72. The lowest BCUT2D eigenvalue weighted by Crippen LogP contribution is -2.39. The largest absolute Gasteiger partial charge is 0.463 e. The molecular formula is C15H22O2. The summed E-state index contributed by atoms with van der Waals surface area (Å²) in [5.74, 6) is 0.151. The molecule has 0 aliphatic carbocycles. The molecule has 1 rings (SSSR count). The number of hydrogen-bond donors (Lipinski definition) is 0. The normalized spacial score (nSPS) is 12.3. The number of ether oxygens (including phenoxy) is 2. The van der Waals surface area contributed by atoms with Gasteiger partial charge in [-0.3, -0.25) is 0 Å². The second-order valence-corrected chi connectivity index (χ2v) is 5.49. The highest BCUT2D eigenvalue weighted by molar-refractivity contribution is 5.48. The van der Waals surface area contributed by atoms with Gasteiger partial charge in [-0.2, -0.15) is 0 Å². The Hall–Kier alpha value is -1.28. The zero-order valence-corrected chi connectivity index (χ0v) is 11.4. The first-order valence-corrected chi connectivity index (χ1v) is 5.83. The summed E-state index contributed by atoms with van der Waals surface area (Å²) < 4.78 is 11.7. The molecule has 0 aliphatic heterocycles. The smallest absolute Gasteiger partial charge is 0.205 e. The summed E-state index contributed by atoms with van der Waals surface area (Å²) in [7, 11) is 0. The van der Waals surface area contributed by atoms with E-state index in [2.05, 4.69) is 6.58 Å².